The van der Waals surface area contributed by atoms with Crippen LogP contribution in [0.1, 0.15) is 5.56 Å². The van der Waals surface area contributed by atoms with Crippen LogP contribution in [0.3, 0.4) is 0 Å². The van der Waals surface area contributed by atoms with Gasteiger partial charge in [0.1, 0.15) is 5.82 Å². The highest BCUT2D eigenvalue weighted by molar-refractivity contribution is 7.89. The number of aryl methyl sites for hydroxylation is 1. The van der Waals surface area contributed by atoms with Crippen LogP contribution in [-0.4, -0.2) is 51.6 Å². The van der Waals surface area contributed by atoms with Gasteiger partial charge in [0.15, 0.2) is 0 Å². The van der Waals surface area contributed by atoms with Crippen LogP contribution < -0.4 is 0 Å². The van der Waals surface area contributed by atoms with Gasteiger partial charge in [-0.3, -0.25) is 0 Å². The second kappa shape index (κ2) is 7.07. The smallest absolute Gasteiger partial charge is 0.207 e. The van der Waals surface area contributed by atoms with Gasteiger partial charge in [-0.2, -0.15) is 8.61 Å². The lowest BCUT2D eigenvalue weighted by atomic mass is 10.2. The molecule has 0 spiro atoms. The lowest BCUT2D eigenvalue weighted by Gasteiger charge is -2.33. The number of nitrogens with zero attached hydrogens (tertiary/aromatic N) is 2. The van der Waals surface area contributed by atoms with Gasteiger partial charge in [-0.1, -0.05) is 18.2 Å². The van der Waals surface area contributed by atoms with Crippen LogP contribution >= 0.6 is 0 Å². The van der Waals surface area contributed by atoms with Crippen LogP contribution in [0.15, 0.2) is 58.3 Å². The number of sulfonamides is 2. The summed E-state index contributed by atoms with van der Waals surface area (Å²) in [5, 5.41) is 0. The molecule has 0 aromatic heterocycles. The average molecular weight is 398 g/mol. The normalized spacial score (nSPS) is 17.3. The Hall–Kier alpha value is -1.81. The lowest BCUT2D eigenvalue weighted by Crippen LogP contribution is -2.50. The second-order valence-corrected chi connectivity index (χ2v) is 9.96. The molecule has 0 bridgehead atoms. The van der Waals surface area contributed by atoms with Crippen LogP contribution in [0.4, 0.5) is 4.39 Å². The molecular weight excluding hydrogens is 379 g/mol. The van der Waals surface area contributed by atoms with Gasteiger partial charge >= 0.3 is 0 Å². The van der Waals surface area contributed by atoms with Gasteiger partial charge in [-0.05, 0) is 42.8 Å². The zero-order valence-corrected chi connectivity index (χ0v) is 15.8. The zero-order valence-electron chi connectivity index (χ0n) is 14.2. The fourth-order valence-electron chi connectivity index (χ4n) is 2.85. The molecule has 2 aromatic rings. The molecule has 1 aliphatic heterocycles. The molecule has 1 saturated heterocycles. The van der Waals surface area contributed by atoms with Crippen LogP contribution in [0.2, 0.25) is 0 Å². The summed E-state index contributed by atoms with van der Waals surface area (Å²) < 4.78 is 66.4. The van der Waals surface area contributed by atoms with Crippen molar-refractivity contribution >= 4 is 20.0 Å². The molecule has 3 rings (SSSR count). The van der Waals surface area contributed by atoms with Gasteiger partial charge in [0.2, 0.25) is 20.0 Å². The van der Waals surface area contributed by atoms with Crippen molar-refractivity contribution in [1.29, 1.82) is 0 Å². The number of halogens is 1. The Morgan fingerprint density at radius 1 is 0.769 bits per heavy atom. The van der Waals surface area contributed by atoms with Gasteiger partial charge in [0, 0.05) is 26.2 Å². The highest BCUT2D eigenvalue weighted by atomic mass is 32.2. The summed E-state index contributed by atoms with van der Waals surface area (Å²) in [6.07, 6.45) is 0. The third-order valence-corrected chi connectivity index (χ3v) is 8.05. The second-order valence-electron chi connectivity index (χ2n) is 6.08. The molecule has 140 valence electrons. The zero-order chi connectivity index (χ0) is 18.9. The van der Waals surface area contributed by atoms with Crippen molar-refractivity contribution < 1.29 is 21.2 Å². The van der Waals surface area contributed by atoms with E-state index in [1.807, 2.05) is 13.0 Å². The van der Waals surface area contributed by atoms with Crippen molar-refractivity contribution in [3.8, 4) is 0 Å². The van der Waals surface area contributed by atoms with Crippen LogP contribution in [0, 0.1) is 12.7 Å². The largest absolute Gasteiger partial charge is 0.243 e. The summed E-state index contributed by atoms with van der Waals surface area (Å²) >= 11 is 0. The summed E-state index contributed by atoms with van der Waals surface area (Å²) in [6, 6.07) is 11.4. The summed E-state index contributed by atoms with van der Waals surface area (Å²) in [6.45, 7) is 1.94. The molecule has 0 radical (unpaired) electrons. The van der Waals surface area contributed by atoms with Gasteiger partial charge < -0.3 is 0 Å². The van der Waals surface area contributed by atoms with Gasteiger partial charge in [0.25, 0.3) is 0 Å². The molecule has 0 aliphatic carbocycles. The molecule has 1 fully saturated rings. The van der Waals surface area contributed by atoms with E-state index < -0.39 is 25.9 Å². The maximum absolute atomic E-state index is 13.3. The highest BCUT2D eigenvalue weighted by Crippen LogP contribution is 2.22. The van der Waals surface area contributed by atoms with Crippen molar-refractivity contribution in [2.24, 2.45) is 0 Å². The molecule has 1 aliphatic rings. The Morgan fingerprint density at radius 2 is 1.23 bits per heavy atom. The van der Waals surface area contributed by atoms with Crippen molar-refractivity contribution in [2.45, 2.75) is 16.7 Å². The fourth-order valence-corrected chi connectivity index (χ4v) is 5.83. The fraction of sp³-hybridized carbons (Fsp3) is 0.294. The SMILES string of the molecule is Cc1cccc(S(=O)(=O)N2CCN(S(=O)(=O)c3cccc(F)c3)CC2)c1. The maximum atomic E-state index is 13.3. The number of rotatable bonds is 4. The average Bonchev–Trinajstić information content (AvgIpc) is 2.62. The molecule has 0 unspecified atom stereocenters. The Bertz CT molecular complexity index is 931. The summed E-state index contributed by atoms with van der Waals surface area (Å²) in [4.78, 5) is 0.0615. The first-order valence-corrected chi connectivity index (χ1v) is 10.9. The first-order chi connectivity index (χ1) is 12.2. The number of piperazine rings is 1. The molecule has 0 saturated carbocycles. The molecule has 1 heterocycles. The Labute approximate surface area is 153 Å². The molecule has 6 nitrogen and oxygen atoms in total. The van der Waals surface area contributed by atoms with Crippen molar-refractivity contribution in [2.75, 3.05) is 26.2 Å². The van der Waals surface area contributed by atoms with Gasteiger partial charge in [0.05, 0.1) is 9.79 Å². The standard InChI is InChI=1S/C17H19FN2O4S2/c1-14-4-2-6-16(12-14)25(21,22)19-8-10-20(11-9-19)26(23,24)17-7-3-5-15(18)13-17/h2-7,12-13H,8-11H2,1H3. The van der Waals surface area contributed by atoms with E-state index in [1.165, 1.54) is 32.9 Å². The Morgan fingerprint density at radius 3 is 1.69 bits per heavy atom. The molecule has 26 heavy (non-hydrogen) atoms. The maximum Gasteiger partial charge on any atom is 0.243 e. The summed E-state index contributed by atoms with van der Waals surface area (Å²) in [5.74, 6) is -0.633. The molecule has 0 atom stereocenters. The van der Waals surface area contributed by atoms with Crippen molar-refractivity contribution in [3.05, 3.63) is 59.9 Å². The van der Waals surface area contributed by atoms with Crippen LogP contribution in [0.25, 0.3) is 0 Å². The quantitative estimate of drug-likeness (QED) is 0.788. The third kappa shape index (κ3) is 3.66. The lowest BCUT2D eigenvalue weighted by molar-refractivity contribution is 0.272. The van der Waals surface area contributed by atoms with E-state index in [2.05, 4.69) is 0 Å². The monoisotopic (exact) mass is 398 g/mol. The van der Waals surface area contributed by atoms with E-state index in [-0.39, 0.29) is 36.0 Å². The van der Waals surface area contributed by atoms with Crippen LogP contribution in [0.5, 0.6) is 0 Å². The first kappa shape index (κ1) is 19.0. The summed E-state index contributed by atoms with van der Waals surface area (Å²) in [7, 11) is -7.53. The van der Waals surface area contributed by atoms with Gasteiger partial charge in [-0.25, -0.2) is 21.2 Å². The third-order valence-electron chi connectivity index (χ3n) is 4.26. The van der Waals surface area contributed by atoms with E-state index in [0.29, 0.717) is 0 Å². The predicted octanol–water partition coefficient (Wildman–Crippen LogP) is 1.83. The number of benzene rings is 2. The van der Waals surface area contributed by atoms with E-state index in [9.17, 15) is 21.2 Å². The molecule has 0 amide bonds. The van der Waals surface area contributed by atoms with Crippen molar-refractivity contribution in [1.82, 2.24) is 8.61 Å². The predicted molar refractivity (Wildman–Crippen MR) is 95.1 cm³/mol. The highest BCUT2D eigenvalue weighted by Gasteiger charge is 2.33. The van der Waals surface area contributed by atoms with E-state index in [1.54, 1.807) is 12.1 Å². The Kier molecular flexibility index (Phi) is 5.16. The molecule has 9 heteroatoms. The number of hydrogen-bond acceptors (Lipinski definition) is 4. The van der Waals surface area contributed by atoms with Gasteiger partial charge in [-0.15, -0.1) is 0 Å². The minimum Gasteiger partial charge on any atom is -0.207 e. The summed E-state index contributed by atoms with van der Waals surface area (Å²) in [5.41, 5.74) is 0.832. The molecule has 0 N–H and O–H groups in total. The van der Waals surface area contributed by atoms with Crippen molar-refractivity contribution in [3.63, 3.8) is 0 Å². The molecular formula is C17H19FN2O4S2. The number of hydrogen-bond donors (Lipinski definition) is 0. The topological polar surface area (TPSA) is 74.8 Å². The van der Waals surface area contributed by atoms with Crippen LogP contribution in [-0.2, 0) is 20.0 Å². The minimum absolute atomic E-state index is 0.0178. The Balaban J connectivity index is 1.77. The first-order valence-electron chi connectivity index (χ1n) is 8.04. The van der Waals surface area contributed by atoms with E-state index >= 15 is 0 Å². The van der Waals surface area contributed by atoms with E-state index in [0.717, 1.165) is 11.6 Å². The molecule has 2 aromatic carbocycles. The van der Waals surface area contributed by atoms with E-state index in [4.69, 9.17) is 0 Å². The minimum atomic E-state index is -3.85.